The molecule has 306 valence electrons. The minimum atomic E-state index is -1.14. The molecule has 0 bridgehead atoms. The number of halogens is 1. The number of carbonyl (C=O) groups is 3. The average molecular weight is 815 g/mol. The number of benzene rings is 3. The van der Waals surface area contributed by atoms with Gasteiger partial charge in [-0.05, 0) is 50.3 Å². The molecule has 18 nitrogen and oxygen atoms in total. The van der Waals surface area contributed by atoms with Crippen LogP contribution in [0.1, 0.15) is 65.3 Å². The van der Waals surface area contributed by atoms with Crippen LogP contribution in [-0.2, 0) is 16.1 Å². The highest BCUT2D eigenvalue weighted by Crippen LogP contribution is 2.39. The molecule has 0 unspecified atom stereocenters. The van der Waals surface area contributed by atoms with Gasteiger partial charge in [-0.2, -0.15) is 0 Å². The zero-order valence-electron chi connectivity index (χ0n) is 31.5. The number of carbonyl (C=O) groups excluding carboxylic acids is 3. The lowest BCUT2D eigenvalue weighted by atomic mass is 10.1. The van der Waals surface area contributed by atoms with E-state index in [9.17, 15) is 44.8 Å². The molecule has 2 amide bonds. The molecule has 0 spiro atoms. The molecule has 2 saturated heterocycles. The average Bonchev–Trinajstić information content (AvgIpc) is 3.75. The van der Waals surface area contributed by atoms with Crippen LogP contribution in [0.4, 0.5) is 11.4 Å². The van der Waals surface area contributed by atoms with Gasteiger partial charge < -0.3 is 43.7 Å². The summed E-state index contributed by atoms with van der Waals surface area (Å²) in [5, 5.41) is 44.9. The molecular formula is C38H43ClN4O14. The maximum atomic E-state index is 13.7. The van der Waals surface area contributed by atoms with Crippen LogP contribution >= 0.6 is 11.6 Å². The number of amides is 2. The van der Waals surface area contributed by atoms with Gasteiger partial charge in [-0.15, -0.1) is 0 Å². The standard InChI is InChI=1S/C38H43ClN4O14/c1-22-13-25(44)19-40(22)36(46)27-15-32(53-2)34(17-29(27)42(49)50)55-11-5-4-6-12-56-35-18-30(43(51)52)28(16-33(35)57-21-23-7-9-24(39)10-8-23)37(47)41-20-26(45)14-31(41)38(48)54-3/h7-10,15-18,22,25-26,31,44-45H,4-6,11-14,19-21H2,1-3H3/t22-,25-,26-,31+/m1/s1. The van der Waals surface area contributed by atoms with E-state index in [0.717, 1.165) is 24.1 Å². The Morgan fingerprint density at radius 2 is 1.26 bits per heavy atom. The van der Waals surface area contributed by atoms with Crippen molar-refractivity contribution in [1.29, 1.82) is 0 Å². The highest BCUT2D eigenvalue weighted by Gasteiger charge is 2.42. The number of nitro benzene ring substituents is 2. The summed E-state index contributed by atoms with van der Waals surface area (Å²) in [7, 11) is 2.48. The number of hydrogen-bond acceptors (Lipinski definition) is 14. The molecule has 5 rings (SSSR count). The molecule has 2 N–H and O–H groups in total. The number of nitro groups is 2. The molecule has 3 aromatic rings. The minimum Gasteiger partial charge on any atom is -0.493 e. The molecule has 19 heteroatoms. The minimum absolute atomic E-state index is 0.0131. The molecule has 57 heavy (non-hydrogen) atoms. The number of nitrogens with zero attached hydrogens (tertiary/aromatic N) is 4. The van der Waals surface area contributed by atoms with Gasteiger partial charge in [0.15, 0.2) is 23.0 Å². The molecular weight excluding hydrogens is 772 g/mol. The first-order chi connectivity index (χ1) is 27.2. The summed E-state index contributed by atoms with van der Waals surface area (Å²) in [6, 6.07) is 9.97. The number of aliphatic hydroxyl groups is 2. The zero-order valence-corrected chi connectivity index (χ0v) is 32.2. The number of esters is 1. The Balaban J connectivity index is 1.26. The van der Waals surface area contributed by atoms with Crippen LogP contribution in [0.3, 0.4) is 0 Å². The lowest BCUT2D eigenvalue weighted by Gasteiger charge is -2.23. The van der Waals surface area contributed by atoms with Gasteiger partial charge in [-0.3, -0.25) is 29.8 Å². The van der Waals surface area contributed by atoms with Crippen LogP contribution in [0.15, 0.2) is 48.5 Å². The Hall–Kier alpha value is -5.72. The fourth-order valence-electron chi connectivity index (χ4n) is 6.72. The van der Waals surface area contributed by atoms with Crippen molar-refractivity contribution in [3.63, 3.8) is 0 Å². The van der Waals surface area contributed by atoms with E-state index in [-0.39, 0.29) is 79.5 Å². The van der Waals surface area contributed by atoms with E-state index in [0.29, 0.717) is 36.3 Å². The topological polar surface area (TPSA) is 231 Å². The van der Waals surface area contributed by atoms with Gasteiger partial charge in [0.2, 0.25) is 0 Å². The van der Waals surface area contributed by atoms with Gasteiger partial charge in [0.05, 0.1) is 61.6 Å². The first kappa shape index (κ1) is 42.4. The van der Waals surface area contributed by atoms with Crippen molar-refractivity contribution in [3.05, 3.63) is 90.5 Å². The van der Waals surface area contributed by atoms with E-state index in [4.69, 9.17) is 35.3 Å². The molecule has 0 aliphatic carbocycles. The molecule has 2 fully saturated rings. The number of aliphatic hydroxyl groups excluding tert-OH is 2. The van der Waals surface area contributed by atoms with Gasteiger partial charge in [-0.25, -0.2) is 4.79 Å². The number of hydrogen-bond donors (Lipinski definition) is 2. The van der Waals surface area contributed by atoms with Crippen LogP contribution in [0.2, 0.25) is 5.02 Å². The van der Waals surface area contributed by atoms with Crippen LogP contribution in [0.25, 0.3) is 0 Å². The first-order valence-corrected chi connectivity index (χ1v) is 18.5. The highest BCUT2D eigenvalue weighted by molar-refractivity contribution is 6.30. The Morgan fingerprint density at radius 3 is 1.79 bits per heavy atom. The Morgan fingerprint density at radius 1 is 0.754 bits per heavy atom. The first-order valence-electron chi connectivity index (χ1n) is 18.1. The largest absolute Gasteiger partial charge is 0.493 e. The highest BCUT2D eigenvalue weighted by atomic mass is 35.5. The van der Waals surface area contributed by atoms with E-state index in [2.05, 4.69) is 0 Å². The number of β-amino-alcohol motifs (C(OH)–C–C–N with tert-alkyl or cyclic N) is 2. The van der Waals surface area contributed by atoms with Crippen molar-refractivity contribution in [2.45, 2.75) is 69.9 Å². The molecule has 0 radical (unpaired) electrons. The van der Waals surface area contributed by atoms with Crippen LogP contribution in [0, 0.1) is 20.2 Å². The zero-order chi connectivity index (χ0) is 41.4. The van der Waals surface area contributed by atoms with Gasteiger partial charge in [0.25, 0.3) is 23.2 Å². The molecule has 0 saturated carbocycles. The summed E-state index contributed by atoms with van der Waals surface area (Å²) in [5.74, 6) is -2.05. The second kappa shape index (κ2) is 18.9. The number of likely N-dealkylation sites (tertiary alicyclic amines) is 2. The molecule has 3 aromatic carbocycles. The maximum absolute atomic E-state index is 13.7. The second-order valence-electron chi connectivity index (χ2n) is 13.6. The van der Waals surface area contributed by atoms with Crippen molar-refractivity contribution in [2.75, 3.05) is 40.5 Å². The van der Waals surface area contributed by atoms with E-state index in [1.165, 1.54) is 24.1 Å². The summed E-state index contributed by atoms with van der Waals surface area (Å²) in [6.45, 7) is 1.75. The van der Waals surface area contributed by atoms with Crippen LogP contribution < -0.4 is 18.9 Å². The third kappa shape index (κ3) is 10.2. The summed E-state index contributed by atoms with van der Waals surface area (Å²) in [6.07, 6.45) is -0.0651. The summed E-state index contributed by atoms with van der Waals surface area (Å²) in [5.41, 5.74) is -0.924. The fourth-order valence-corrected chi connectivity index (χ4v) is 6.85. The van der Waals surface area contributed by atoms with Crippen molar-refractivity contribution >= 4 is 40.8 Å². The van der Waals surface area contributed by atoms with E-state index >= 15 is 0 Å². The Bertz CT molecular complexity index is 1980. The Kier molecular flexibility index (Phi) is 14.1. The van der Waals surface area contributed by atoms with Crippen molar-refractivity contribution in [2.24, 2.45) is 0 Å². The van der Waals surface area contributed by atoms with Crippen LogP contribution in [0.5, 0.6) is 23.0 Å². The normalized spacial score (nSPS) is 18.9. The van der Waals surface area contributed by atoms with Crippen molar-refractivity contribution < 1.29 is 58.1 Å². The SMILES string of the molecule is COC(=O)[C@@H]1C[C@@H](O)CN1C(=O)c1cc(OCc2ccc(Cl)cc2)c(OCCCCCOc2cc([N+](=O)[O-])c(C(=O)N3C[C@H](O)C[C@H]3C)cc2OC)cc1[N+](=O)[O-]. The third-order valence-corrected chi connectivity index (χ3v) is 9.89. The van der Waals surface area contributed by atoms with E-state index in [1.807, 2.05) is 0 Å². The number of rotatable bonds is 17. The number of methoxy groups -OCH3 is 2. The molecule has 2 heterocycles. The van der Waals surface area contributed by atoms with Gasteiger partial charge in [0, 0.05) is 42.7 Å². The number of unbranched alkanes of at least 4 members (excludes halogenated alkanes) is 2. The maximum Gasteiger partial charge on any atom is 0.328 e. The number of ether oxygens (including phenoxy) is 5. The smallest absolute Gasteiger partial charge is 0.328 e. The van der Waals surface area contributed by atoms with E-state index < -0.39 is 57.3 Å². The van der Waals surface area contributed by atoms with Gasteiger partial charge in [-0.1, -0.05) is 23.7 Å². The molecule has 0 aromatic heterocycles. The summed E-state index contributed by atoms with van der Waals surface area (Å²) >= 11 is 6.01. The summed E-state index contributed by atoms with van der Waals surface area (Å²) < 4.78 is 27.9. The van der Waals surface area contributed by atoms with Crippen molar-refractivity contribution in [3.8, 4) is 23.0 Å². The molecule has 4 atom stereocenters. The lowest BCUT2D eigenvalue weighted by Crippen LogP contribution is -2.41. The monoisotopic (exact) mass is 814 g/mol. The van der Waals surface area contributed by atoms with Crippen molar-refractivity contribution in [1.82, 2.24) is 9.80 Å². The summed E-state index contributed by atoms with van der Waals surface area (Å²) in [4.78, 5) is 64.6. The Labute approximate surface area is 332 Å². The quantitative estimate of drug-likeness (QED) is 0.0814. The molecule has 2 aliphatic heterocycles. The second-order valence-corrected chi connectivity index (χ2v) is 14.0. The van der Waals surface area contributed by atoms with E-state index in [1.54, 1.807) is 31.2 Å². The predicted molar refractivity (Wildman–Crippen MR) is 202 cm³/mol. The third-order valence-electron chi connectivity index (χ3n) is 9.64. The van der Waals surface area contributed by atoms with Gasteiger partial charge in [0.1, 0.15) is 23.8 Å². The van der Waals surface area contributed by atoms with Crippen LogP contribution in [-0.4, -0.2) is 112 Å². The fraction of sp³-hybridized carbons (Fsp3) is 0.447. The predicted octanol–water partition coefficient (Wildman–Crippen LogP) is 4.72. The van der Waals surface area contributed by atoms with Gasteiger partial charge >= 0.3 is 5.97 Å². The lowest BCUT2D eigenvalue weighted by molar-refractivity contribution is -0.385. The molecule has 2 aliphatic rings.